The van der Waals surface area contributed by atoms with Crippen LogP contribution in [-0.4, -0.2) is 65.2 Å². The fourth-order valence-electron chi connectivity index (χ4n) is 3.65. The van der Waals surface area contributed by atoms with Crippen LogP contribution in [0, 0.1) is 5.41 Å². The molecular weight excluding hydrogens is 318 g/mol. The van der Waals surface area contributed by atoms with Gasteiger partial charge in [0, 0.05) is 61.9 Å². The number of ether oxygens (including phenoxy) is 1. The molecule has 130 valence electrons. The van der Waals surface area contributed by atoms with Crippen molar-refractivity contribution >= 4 is 11.9 Å². The standard InChI is InChI=1S/C18H21N5O2/c24-16(15-2-7-19-8-3-15)22-10-11-25-14-18(12-22)4-9-23(13-18)17-20-5-1-6-21-17/h1-3,5-8H,4,9-14H2. The third-order valence-electron chi connectivity index (χ3n) is 4.93. The molecule has 2 saturated heterocycles. The molecule has 0 aromatic carbocycles. The van der Waals surface area contributed by atoms with Gasteiger partial charge in [0.05, 0.1) is 13.2 Å². The second-order valence-corrected chi connectivity index (χ2v) is 6.74. The molecule has 2 aliphatic heterocycles. The minimum atomic E-state index is -0.0710. The lowest BCUT2D eigenvalue weighted by molar-refractivity contribution is 0.0690. The number of hydrogen-bond acceptors (Lipinski definition) is 6. The molecule has 2 aromatic rings. The fraction of sp³-hybridized carbons (Fsp3) is 0.444. The van der Waals surface area contributed by atoms with Crippen LogP contribution >= 0.6 is 0 Å². The molecule has 1 unspecified atom stereocenters. The van der Waals surface area contributed by atoms with Gasteiger partial charge >= 0.3 is 0 Å². The topological polar surface area (TPSA) is 71.5 Å². The predicted octanol–water partition coefficient (Wildman–Crippen LogP) is 1.24. The highest BCUT2D eigenvalue weighted by atomic mass is 16.5. The lowest BCUT2D eigenvalue weighted by Crippen LogP contribution is -2.43. The Bertz CT molecular complexity index is 727. The van der Waals surface area contributed by atoms with E-state index < -0.39 is 0 Å². The summed E-state index contributed by atoms with van der Waals surface area (Å²) in [6.45, 7) is 4.22. The Hall–Kier alpha value is -2.54. The number of amides is 1. The molecular formula is C18H21N5O2. The second-order valence-electron chi connectivity index (χ2n) is 6.74. The van der Waals surface area contributed by atoms with Gasteiger partial charge in [-0.25, -0.2) is 9.97 Å². The van der Waals surface area contributed by atoms with Crippen LogP contribution in [0.15, 0.2) is 43.0 Å². The maximum absolute atomic E-state index is 12.8. The van der Waals surface area contributed by atoms with Crippen LogP contribution in [0.4, 0.5) is 5.95 Å². The van der Waals surface area contributed by atoms with Crippen LogP contribution in [0.1, 0.15) is 16.8 Å². The van der Waals surface area contributed by atoms with Gasteiger partial charge in [-0.3, -0.25) is 9.78 Å². The number of carbonyl (C=O) groups excluding carboxylic acids is 1. The molecule has 1 amide bonds. The first kappa shape index (κ1) is 16.0. The van der Waals surface area contributed by atoms with Crippen molar-refractivity contribution in [3.63, 3.8) is 0 Å². The lowest BCUT2D eigenvalue weighted by atomic mass is 9.87. The minimum Gasteiger partial charge on any atom is -0.379 e. The summed E-state index contributed by atoms with van der Waals surface area (Å²) < 4.78 is 5.86. The van der Waals surface area contributed by atoms with E-state index in [0.29, 0.717) is 31.9 Å². The average Bonchev–Trinajstić information content (AvgIpc) is 2.97. The van der Waals surface area contributed by atoms with Crippen LogP contribution in [0.2, 0.25) is 0 Å². The van der Waals surface area contributed by atoms with E-state index in [1.165, 1.54) is 0 Å². The Morgan fingerprint density at radius 1 is 1.08 bits per heavy atom. The zero-order chi connectivity index (χ0) is 17.1. The molecule has 2 aliphatic rings. The average molecular weight is 339 g/mol. The Morgan fingerprint density at radius 2 is 1.88 bits per heavy atom. The van der Waals surface area contributed by atoms with E-state index >= 15 is 0 Å². The molecule has 7 nitrogen and oxygen atoms in total. The van der Waals surface area contributed by atoms with Crippen LogP contribution in [0.5, 0.6) is 0 Å². The lowest BCUT2D eigenvalue weighted by Gasteiger charge is -2.31. The van der Waals surface area contributed by atoms with E-state index in [4.69, 9.17) is 4.74 Å². The number of anilines is 1. The Labute approximate surface area is 146 Å². The van der Waals surface area contributed by atoms with E-state index in [0.717, 1.165) is 25.5 Å². The fourth-order valence-corrected chi connectivity index (χ4v) is 3.65. The Kier molecular flexibility index (Phi) is 4.31. The van der Waals surface area contributed by atoms with Crippen molar-refractivity contribution in [1.82, 2.24) is 19.9 Å². The number of pyridine rings is 1. The molecule has 0 bridgehead atoms. The monoisotopic (exact) mass is 339 g/mol. The highest BCUT2D eigenvalue weighted by Crippen LogP contribution is 2.35. The number of carbonyl (C=O) groups is 1. The van der Waals surface area contributed by atoms with E-state index in [1.54, 1.807) is 36.9 Å². The molecule has 1 spiro atoms. The number of hydrogen-bond donors (Lipinski definition) is 0. The van der Waals surface area contributed by atoms with Crippen molar-refractivity contribution in [2.24, 2.45) is 5.41 Å². The summed E-state index contributed by atoms with van der Waals surface area (Å²) >= 11 is 0. The van der Waals surface area contributed by atoms with Gasteiger partial charge in [0.2, 0.25) is 5.95 Å². The van der Waals surface area contributed by atoms with Gasteiger partial charge in [0.15, 0.2) is 0 Å². The third kappa shape index (κ3) is 3.32. The molecule has 7 heteroatoms. The van der Waals surface area contributed by atoms with Gasteiger partial charge in [0.1, 0.15) is 0 Å². The van der Waals surface area contributed by atoms with Crippen molar-refractivity contribution in [3.8, 4) is 0 Å². The summed E-state index contributed by atoms with van der Waals surface area (Å²) in [7, 11) is 0. The van der Waals surface area contributed by atoms with Gasteiger partial charge in [0.25, 0.3) is 5.91 Å². The van der Waals surface area contributed by atoms with Gasteiger partial charge in [-0.05, 0) is 24.6 Å². The molecule has 4 heterocycles. The summed E-state index contributed by atoms with van der Waals surface area (Å²) in [4.78, 5) is 29.6. The quantitative estimate of drug-likeness (QED) is 0.820. The Morgan fingerprint density at radius 3 is 2.68 bits per heavy atom. The number of aromatic nitrogens is 3. The summed E-state index contributed by atoms with van der Waals surface area (Å²) in [6.07, 6.45) is 7.79. The molecule has 2 fully saturated rings. The summed E-state index contributed by atoms with van der Waals surface area (Å²) in [5.74, 6) is 0.789. The first-order valence-corrected chi connectivity index (χ1v) is 8.55. The minimum absolute atomic E-state index is 0.0432. The van der Waals surface area contributed by atoms with Gasteiger partial charge in [-0.2, -0.15) is 0 Å². The largest absolute Gasteiger partial charge is 0.379 e. The highest BCUT2D eigenvalue weighted by Gasteiger charge is 2.43. The third-order valence-corrected chi connectivity index (χ3v) is 4.93. The van der Waals surface area contributed by atoms with E-state index in [2.05, 4.69) is 19.9 Å². The van der Waals surface area contributed by atoms with Crippen molar-refractivity contribution in [2.45, 2.75) is 6.42 Å². The predicted molar refractivity (Wildman–Crippen MR) is 92.3 cm³/mol. The maximum Gasteiger partial charge on any atom is 0.254 e. The summed E-state index contributed by atoms with van der Waals surface area (Å²) in [5.41, 5.74) is 0.603. The summed E-state index contributed by atoms with van der Waals surface area (Å²) in [5, 5.41) is 0. The molecule has 4 rings (SSSR count). The first-order valence-electron chi connectivity index (χ1n) is 8.55. The number of rotatable bonds is 2. The van der Waals surface area contributed by atoms with Gasteiger partial charge < -0.3 is 14.5 Å². The Balaban J connectivity index is 1.51. The first-order chi connectivity index (χ1) is 12.3. The highest BCUT2D eigenvalue weighted by molar-refractivity contribution is 5.94. The molecule has 0 aliphatic carbocycles. The maximum atomic E-state index is 12.8. The summed E-state index contributed by atoms with van der Waals surface area (Å²) in [6, 6.07) is 5.35. The molecule has 1 atom stereocenters. The van der Waals surface area contributed by atoms with Crippen LogP contribution in [-0.2, 0) is 4.74 Å². The zero-order valence-corrected chi connectivity index (χ0v) is 14.0. The van der Waals surface area contributed by atoms with Crippen molar-refractivity contribution in [3.05, 3.63) is 48.5 Å². The molecule has 25 heavy (non-hydrogen) atoms. The molecule has 0 N–H and O–H groups in total. The second kappa shape index (κ2) is 6.76. The normalized spacial score (nSPS) is 23.7. The van der Waals surface area contributed by atoms with Crippen molar-refractivity contribution < 1.29 is 9.53 Å². The number of nitrogens with zero attached hydrogens (tertiary/aromatic N) is 5. The molecule has 0 radical (unpaired) electrons. The zero-order valence-electron chi connectivity index (χ0n) is 14.0. The van der Waals surface area contributed by atoms with Crippen molar-refractivity contribution in [1.29, 1.82) is 0 Å². The molecule has 0 saturated carbocycles. The van der Waals surface area contributed by atoms with E-state index in [9.17, 15) is 4.79 Å². The van der Waals surface area contributed by atoms with Crippen LogP contribution in [0.25, 0.3) is 0 Å². The van der Waals surface area contributed by atoms with Crippen LogP contribution < -0.4 is 4.90 Å². The SMILES string of the molecule is O=C(c1ccncc1)N1CCOCC2(CCN(c3ncccn3)C2)C1. The molecule has 2 aromatic heterocycles. The van der Waals surface area contributed by atoms with Crippen molar-refractivity contribution in [2.75, 3.05) is 44.3 Å². The van der Waals surface area contributed by atoms with Gasteiger partial charge in [-0.15, -0.1) is 0 Å². The van der Waals surface area contributed by atoms with E-state index in [-0.39, 0.29) is 11.3 Å². The van der Waals surface area contributed by atoms with Gasteiger partial charge in [-0.1, -0.05) is 0 Å². The van der Waals surface area contributed by atoms with Crippen LogP contribution in [0.3, 0.4) is 0 Å². The van der Waals surface area contributed by atoms with E-state index in [1.807, 2.05) is 11.0 Å². The smallest absolute Gasteiger partial charge is 0.254 e.